The second kappa shape index (κ2) is 7.01. The molecule has 0 amide bonds. The zero-order valence-electron chi connectivity index (χ0n) is 13.8. The van der Waals surface area contributed by atoms with Crippen molar-refractivity contribution in [2.24, 2.45) is 10.9 Å². The quantitative estimate of drug-likeness (QED) is 0.728. The molecule has 0 fully saturated rings. The predicted octanol–water partition coefficient (Wildman–Crippen LogP) is 4.19. The van der Waals surface area contributed by atoms with Gasteiger partial charge in [0.15, 0.2) is 5.78 Å². The van der Waals surface area contributed by atoms with Gasteiger partial charge >= 0.3 is 5.97 Å². The zero-order valence-corrected chi connectivity index (χ0v) is 15.4. The fourth-order valence-corrected chi connectivity index (χ4v) is 4.14. The van der Waals surface area contributed by atoms with Crippen LogP contribution in [0.1, 0.15) is 44.6 Å². The summed E-state index contributed by atoms with van der Waals surface area (Å²) in [5, 5.41) is 0. The van der Waals surface area contributed by atoms with Gasteiger partial charge in [0.05, 0.1) is 6.61 Å². The van der Waals surface area contributed by atoms with Crippen molar-refractivity contribution >= 4 is 33.4 Å². The van der Waals surface area contributed by atoms with Crippen molar-refractivity contribution in [3.05, 3.63) is 45.6 Å². The molecule has 0 saturated heterocycles. The van der Waals surface area contributed by atoms with Crippen molar-refractivity contribution in [2.45, 2.75) is 39.0 Å². The van der Waals surface area contributed by atoms with Crippen LogP contribution in [0.3, 0.4) is 0 Å². The number of allylic oxidation sites excluding steroid dienone is 2. The summed E-state index contributed by atoms with van der Waals surface area (Å²) in [6.45, 7) is 3.95. The topological polar surface area (TPSA) is 55.7 Å². The Morgan fingerprint density at radius 3 is 2.79 bits per heavy atom. The summed E-state index contributed by atoms with van der Waals surface area (Å²) in [6, 6.07) is 7.75. The van der Waals surface area contributed by atoms with Gasteiger partial charge < -0.3 is 4.74 Å². The van der Waals surface area contributed by atoms with Gasteiger partial charge in [0.2, 0.25) is 0 Å². The van der Waals surface area contributed by atoms with E-state index >= 15 is 0 Å². The fraction of sp³-hybridized carbons (Fsp3) is 0.421. The standard InChI is InChI=1S/C19H20BrNO3/c1-3-24-19(23)16-11(2)21-14-9-6-10-15(22)18(14)17(16)12-7-4-5-8-13(12)20/h4-5,7-8,16-17H,3,6,9-10H2,1-2H3/t16?,17-/m0/s1. The molecule has 0 bridgehead atoms. The Morgan fingerprint density at radius 1 is 1.33 bits per heavy atom. The summed E-state index contributed by atoms with van der Waals surface area (Å²) in [5.41, 5.74) is 3.19. The molecule has 0 radical (unpaired) electrons. The average molecular weight is 390 g/mol. The van der Waals surface area contributed by atoms with Gasteiger partial charge in [0.25, 0.3) is 0 Å². The number of rotatable bonds is 3. The molecule has 0 saturated carbocycles. The number of aliphatic imine (C=N–C) groups is 1. The minimum atomic E-state index is -0.551. The summed E-state index contributed by atoms with van der Waals surface area (Å²) in [7, 11) is 0. The van der Waals surface area contributed by atoms with Crippen LogP contribution in [0.15, 0.2) is 45.0 Å². The molecule has 1 aromatic carbocycles. The maximum absolute atomic E-state index is 12.7. The van der Waals surface area contributed by atoms with Gasteiger partial charge in [0, 0.05) is 33.8 Å². The summed E-state index contributed by atoms with van der Waals surface area (Å²) in [5.74, 6) is -1.10. The third-order valence-electron chi connectivity index (χ3n) is 4.62. The number of hydrogen-bond donors (Lipinski definition) is 0. The van der Waals surface area contributed by atoms with Gasteiger partial charge in [0.1, 0.15) is 5.92 Å². The molecule has 1 unspecified atom stereocenters. The van der Waals surface area contributed by atoms with Crippen molar-refractivity contribution in [2.75, 3.05) is 6.61 Å². The lowest BCUT2D eigenvalue weighted by Crippen LogP contribution is -2.37. The Hall–Kier alpha value is -1.75. The van der Waals surface area contributed by atoms with Gasteiger partial charge in [-0.1, -0.05) is 34.1 Å². The molecule has 1 heterocycles. The van der Waals surface area contributed by atoms with Crippen LogP contribution < -0.4 is 0 Å². The SMILES string of the molecule is CCOC(=O)C1C(C)=NC2=C(C(=O)CCC2)[C@H]1c1ccccc1Br. The van der Waals surface area contributed by atoms with Crippen LogP contribution in [-0.4, -0.2) is 24.1 Å². The van der Waals surface area contributed by atoms with Crippen LogP contribution in [0.25, 0.3) is 0 Å². The molecule has 1 aliphatic heterocycles. The van der Waals surface area contributed by atoms with Crippen molar-refractivity contribution in [3.63, 3.8) is 0 Å². The average Bonchev–Trinajstić information content (AvgIpc) is 2.54. The second-order valence-corrected chi connectivity index (χ2v) is 6.97. The Bertz CT molecular complexity index is 751. The van der Waals surface area contributed by atoms with E-state index < -0.39 is 5.92 Å². The molecule has 1 aliphatic carbocycles. The summed E-state index contributed by atoms with van der Waals surface area (Å²) in [6.07, 6.45) is 2.13. The molecule has 0 N–H and O–H groups in total. The third-order valence-corrected chi connectivity index (χ3v) is 5.34. The van der Waals surface area contributed by atoms with Crippen LogP contribution in [0, 0.1) is 5.92 Å². The number of esters is 1. The van der Waals surface area contributed by atoms with Crippen LogP contribution in [0.4, 0.5) is 0 Å². The number of ketones is 1. The Morgan fingerprint density at radius 2 is 2.08 bits per heavy atom. The second-order valence-electron chi connectivity index (χ2n) is 6.12. The number of ether oxygens (including phenoxy) is 1. The molecule has 0 spiro atoms. The van der Waals surface area contributed by atoms with E-state index in [2.05, 4.69) is 20.9 Å². The van der Waals surface area contributed by atoms with Gasteiger partial charge in [-0.3, -0.25) is 14.6 Å². The van der Waals surface area contributed by atoms with Crippen molar-refractivity contribution in [1.82, 2.24) is 0 Å². The molecule has 5 heteroatoms. The highest BCUT2D eigenvalue weighted by Gasteiger charge is 2.43. The number of hydrogen-bond acceptors (Lipinski definition) is 4. The Labute approximate surface area is 150 Å². The fourth-order valence-electron chi connectivity index (χ4n) is 3.61. The number of halogens is 1. The molecular formula is C19H20BrNO3. The van der Waals surface area contributed by atoms with Gasteiger partial charge in [-0.15, -0.1) is 0 Å². The van der Waals surface area contributed by atoms with E-state index in [0.717, 1.165) is 34.3 Å². The van der Waals surface area contributed by atoms with E-state index in [1.165, 1.54) is 0 Å². The third kappa shape index (κ3) is 2.97. The first kappa shape index (κ1) is 17.1. The maximum atomic E-state index is 12.7. The number of carbonyl (C=O) groups is 2. The lowest BCUT2D eigenvalue weighted by molar-refractivity contribution is -0.146. The number of nitrogens with zero attached hydrogens (tertiary/aromatic N) is 1. The lowest BCUT2D eigenvalue weighted by atomic mass is 9.72. The van der Waals surface area contributed by atoms with E-state index in [9.17, 15) is 9.59 Å². The molecule has 0 aromatic heterocycles. The predicted molar refractivity (Wildman–Crippen MR) is 96.0 cm³/mol. The highest BCUT2D eigenvalue weighted by molar-refractivity contribution is 9.10. The normalized spacial score (nSPS) is 23.6. The first-order valence-corrected chi connectivity index (χ1v) is 9.06. The first-order valence-electron chi connectivity index (χ1n) is 8.27. The van der Waals surface area contributed by atoms with Crippen LogP contribution in [0.2, 0.25) is 0 Å². The van der Waals surface area contributed by atoms with Crippen LogP contribution >= 0.6 is 15.9 Å². The first-order chi connectivity index (χ1) is 11.5. The molecular weight excluding hydrogens is 370 g/mol. The highest BCUT2D eigenvalue weighted by atomic mass is 79.9. The Kier molecular flexibility index (Phi) is 4.99. The molecule has 2 atom stereocenters. The highest BCUT2D eigenvalue weighted by Crippen LogP contribution is 2.45. The van der Waals surface area contributed by atoms with Crippen LogP contribution in [-0.2, 0) is 14.3 Å². The summed E-state index contributed by atoms with van der Waals surface area (Å²) < 4.78 is 6.18. The molecule has 2 aliphatic rings. The zero-order chi connectivity index (χ0) is 17.3. The van der Waals surface area contributed by atoms with E-state index in [1.807, 2.05) is 31.2 Å². The number of benzene rings is 1. The molecule has 24 heavy (non-hydrogen) atoms. The van der Waals surface area contributed by atoms with Crippen LogP contribution in [0.5, 0.6) is 0 Å². The molecule has 1 aromatic rings. The summed E-state index contributed by atoms with van der Waals surface area (Å²) >= 11 is 3.58. The van der Waals surface area contributed by atoms with Crippen molar-refractivity contribution < 1.29 is 14.3 Å². The van der Waals surface area contributed by atoms with E-state index in [0.29, 0.717) is 18.6 Å². The van der Waals surface area contributed by atoms with E-state index in [1.54, 1.807) is 6.92 Å². The van der Waals surface area contributed by atoms with E-state index in [4.69, 9.17) is 4.74 Å². The van der Waals surface area contributed by atoms with Crippen molar-refractivity contribution in [3.8, 4) is 0 Å². The maximum Gasteiger partial charge on any atom is 0.315 e. The smallest absolute Gasteiger partial charge is 0.315 e. The Balaban J connectivity index is 2.18. The largest absolute Gasteiger partial charge is 0.465 e. The van der Waals surface area contributed by atoms with E-state index in [-0.39, 0.29) is 17.7 Å². The molecule has 3 rings (SSSR count). The van der Waals surface area contributed by atoms with Gasteiger partial charge in [-0.2, -0.15) is 0 Å². The minimum absolute atomic E-state index is 0.0996. The van der Waals surface area contributed by atoms with Gasteiger partial charge in [-0.05, 0) is 38.3 Å². The lowest BCUT2D eigenvalue weighted by Gasteiger charge is -2.34. The number of Topliss-reactive ketones (excluding diaryl/α,β-unsaturated/α-hetero) is 1. The summed E-state index contributed by atoms with van der Waals surface area (Å²) in [4.78, 5) is 29.9. The molecule has 126 valence electrons. The molecule has 4 nitrogen and oxygen atoms in total. The van der Waals surface area contributed by atoms with Crippen molar-refractivity contribution in [1.29, 1.82) is 0 Å². The monoisotopic (exact) mass is 389 g/mol. The minimum Gasteiger partial charge on any atom is -0.465 e. The number of carbonyl (C=O) groups excluding carboxylic acids is 2. The van der Waals surface area contributed by atoms with Gasteiger partial charge in [-0.25, -0.2) is 0 Å².